The lowest BCUT2D eigenvalue weighted by atomic mass is 10.1. The molecule has 0 bridgehead atoms. The van der Waals surface area contributed by atoms with Crippen LogP contribution in [0.4, 0.5) is 10.1 Å². The van der Waals surface area contributed by atoms with Gasteiger partial charge in [-0.15, -0.1) is 0 Å². The van der Waals surface area contributed by atoms with Crippen LogP contribution in [0.2, 0.25) is 0 Å². The van der Waals surface area contributed by atoms with Crippen LogP contribution >= 0.6 is 0 Å². The predicted octanol–water partition coefficient (Wildman–Crippen LogP) is 4.16. The van der Waals surface area contributed by atoms with E-state index in [-0.39, 0.29) is 12.5 Å². The molecule has 0 aliphatic heterocycles. The minimum Gasteiger partial charge on any atom is -0.492 e. The molecular formula is C25H27FN2O4S. The van der Waals surface area contributed by atoms with E-state index in [2.05, 4.69) is 12.2 Å². The van der Waals surface area contributed by atoms with E-state index in [0.29, 0.717) is 30.0 Å². The summed E-state index contributed by atoms with van der Waals surface area (Å²) in [4.78, 5) is 12.4. The Balaban J connectivity index is 1.54. The van der Waals surface area contributed by atoms with Crippen molar-refractivity contribution in [3.8, 4) is 5.75 Å². The van der Waals surface area contributed by atoms with Gasteiger partial charge in [0.15, 0.2) is 0 Å². The number of nitrogens with zero attached hydrogens (tertiary/aromatic N) is 1. The summed E-state index contributed by atoms with van der Waals surface area (Å²) in [6, 6.07) is 19.8. The molecule has 3 rings (SSSR count). The minimum atomic E-state index is -3.58. The number of anilines is 1. The third kappa shape index (κ3) is 7.05. The van der Waals surface area contributed by atoms with Crippen LogP contribution in [-0.2, 0) is 23.0 Å². The molecule has 0 unspecified atom stereocenters. The molecule has 1 N–H and O–H groups in total. The van der Waals surface area contributed by atoms with E-state index >= 15 is 0 Å². The number of sulfonamides is 1. The molecular weight excluding hydrogens is 443 g/mol. The predicted molar refractivity (Wildman–Crippen MR) is 128 cm³/mol. The van der Waals surface area contributed by atoms with E-state index in [1.165, 1.54) is 34.1 Å². The zero-order valence-electron chi connectivity index (χ0n) is 18.6. The fourth-order valence-electron chi connectivity index (χ4n) is 3.19. The molecule has 0 saturated heterocycles. The van der Waals surface area contributed by atoms with Crippen LogP contribution in [0.25, 0.3) is 0 Å². The second-order valence-corrected chi connectivity index (χ2v) is 9.45. The number of hydrogen-bond donors (Lipinski definition) is 1. The van der Waals surface area contributed by atoms with Gasteiger partial charge in [0.2, 0.25) is 10.0 Å². The summed E-state index contributed by atoms with van der Waals surface area (Å²) in [6.07, 6.45) is 2.06. The van der Waals surface area contributed by atoms with Gasteiger partial charge in [-0.25, -0.2) is 12.8 Å². The third-order valence-electron chi connectivity index (χ3n) is 5.05. The third-order valence-corrected chi connectivity index (χ3v) is 6.19. The molecule has 3 aromatic carbocycles. The summed E-state index contributed by atoms with van der Waals surface area (Å²) in [5.74, 6) is 0.0646. The number of ether oxygens (including phenoxy) is 1. The van der Waals surface area contributed by atoms with Gasteiger partial charge in [-0.3, -0.25) is 9.10 Å². The Hall–Kier alpha value is -3.39. The molecule has 0 saturated carbocycles. The molecule has 0 atom stereocenters. The summed E-state index contributed by atoms with van der Waals surface area (Å²) in [5.41, 5.74) is 2.75. The highest BCUT2D eigenvalue weighted by atomic mass is 32.2. The molecule has 0 aliphatic rings. The van der Waals surface area contributed by atoms with Gasteiger partial charge in [-0.1, -0.05) is 31.2 Å². The second kappa shape index (κ2) is 11.0. The van der Waals surface area contributed by atoms with Crippen LogP contribution in [0.1, 0.15) is 28.4 Å². The van der Waals surface area contributed by atoms with Gasteiger partial charge >= 0.3 is 0 Å². The molecule has 0 aliphatic carbocycles. The van der Waals surface area contributed by atoms with Gasteiger partial charge < -0.3 is 10.1 Å². The number of carbonyl (C=O) groups excluding carboxylic acids is 1. The Morgan fingerprint density at radius 1 is 0.939 bits per heavy atom. The number of halogens is 1. The summed E-state index contributed by atoms with van der Waals surface area (Å²) in [7, 11) is -3.58. The first-order valence-corrected chi connectivity index (χ1v) is 12.4. The molecule has 0 heterocycles. The Morgan fingerprint density at radius 2 is 1.55 bits per heavy atom. The van der Waals surface area contributed by atoms with Crippen LogP contribution in [-0.4, -0.2) is 33.7 Å². The van der Waals surface area contributed by atoms with E-state index in [0.717, 1.165) is 18.4 Å². The summed E-state index contributed by atoms with van der Waals surface area (Å²) < 4.78 is 44.5. The molecule has 0 fully saturated rings. The zero-order valence-corrected chi connectivity index (χ0v) is 19.4. The van der Waals surface area contributed by atoms with Crippen LogP contribution in [0.5, 0.6) is 5.75 Å². The van der Waals surface area contributed by atoms with Gasteiger partial charge in [0.25, 0.3) is 5.91 Å². The molecule has 0 aromatic heterocycles. The highest BCUT2D eigenvalue weighted by molar-refractivity contribution is 7.92. The Labute approximate surface area is 194 Å². The molecule has 0 spiro atoms. The maximum absolute atomic E-state index is 13.2. The number of rotatable bonds is 10. The number of benzene rings is 3. The van der Waals surface area contributed by atoms with E-state index < -0.39 is 15.8 Å². The van der Waals surface area contributed by atoms with Gasteiger partial charge in [-0.05, 0) is 66.1 Å². The number of hydrogen-bond acceptors (Lipinski definition) is 4. The van der Waals surface area contributed by atoms with Crippen molar-refractivity contribution >= 4 is 21.6 Å². The fraction of sp³-hybridized carbons (Fsp3) is 0.240. The minimum absolute atomic E-state index is 0.0665. The first kappa shape index (κ1) is 24.3. The molecule has 6 nitrogen and oxygen atoms in total. The second-order valence-electron chi connectivity index (χ2n) is 7.54. The lowest BCUT2D eigenvalue weighted by molar-refractivity contribution is 0.0947. The maximum Gasteiger partial charge on any atom is 0.251 e. The molecule has 0 radical (unpaired) electrons. The van der Waals surface area contributed by atoms with Crippen LogP contribution < -0.4 is 14.4 Å². The van der Waals surface area contributed by atoms with E-state index in [1.54, 1.807) is 24.3 Å². The number of amides is 1. The van der Waals surface area contributed by atoms with Crippen molar-refractivity contribution in [3.63, 3.8) is 0 Å². The van der Waals surface area contributed by atoms with Gasteiger partial charge in [0.05, 0.1) is 25.0 Å². The van der Waals surface area contributed by atoms with Crippen LogP contribution in [0.15, 0.2) is 72.8 Å². The normalized spacial score (nSPS) is 11.1. The Bertz CT molecular complexity index is 1160. The molecule has 174 valence electrons. The SMILES string of the molecule is CCc1ccc(OCCNC(=O)c2ccc(CN(c3ccc(F)cc3)S(C)(=O)=O)cc2)cc1. The van der Waals surface area contributed by atoms with E-state index in [4.69, 9.17) is 4.74 Å². The van der Waals surface area contributed by atoms with Gasteiger partial charge in [-0.2, -0.15) is 0 Å². The van der Waals surface area contributed by atoms with Crippen molar-refractivity contribution in [2.75, 3.05) is 23.7 Å². The molecule has 33 heavy (non-hydrogen) atoms. The summed E-state index contributed by atoms with van der Waals surface area (Å²) >= 11 is 0. The van der Waals surface area contributed by atoms with Crippen molar-refractivity contribution in [1.82, 2.24) is 5.32 Å². The first-order chi connectivity index (χ1) is 15.8. The smallest absolute Gasteiger partial charge is 0.251 e. The number of nitrogens with one attached hydrogen (secondary N) is 1. The first-order valence-electron chi connectivity index (χ1n) is 10.6. The molecule has 1 amide bonds. The van der Waals surface area contributed by atoms with Crippen LogP contribution in [0, 0.1) is 5.82 Å². The molecule has 3 aromatic rings. The van der Waals surface area contributed by atoms with Crippen molar-refractivity contribution < 1.29 is 22.3 Å². The number of carbonyl (C=O) groups is 1. The molecule has 8 heteroatoms. The summed E-state index contributed by atoms with van der Waals surface area (Å²) in [5, 5.41) is 2.80. The maximum atomic E-state index is 13.2. The Kier molecular flexibility index (Phi) is 8.06. The zero-order chi connectivity index (χ0) is 23.8. The van der Waals surface area contributed by atoms with Gasteiger partial charge in [0.1, 0.15) is 18.2 Å². The van der Waals surface area contributed by atoms with Crippen molar-refractivity contribution in [1.29, 1.82) is 0 Å². The average Bonchev–Trinajstić information content (AvgIpc) is 2.81. The largest absolute Gasteiger partial charge is 0.492 e. The highest BCUT2D eigenvalue weighted by Gasteiger charge is 2.18. The monoisotopic (exact) mass is 470 g/mol. The van der Waals surface area contributed by atoms with Crippen molar-refractivity contribution in [3.05, 3.63) is 95.3 Å². The average molecular weight is 471 g/mol. The summed E-state index contributed by atoms with van der Waals surface area (Å²) in [6.45, 7) is 2.85. The van der Waals surface area contributed by atoms with E-state index in [9.17, 15) is 17.6 Å². The lowest BCUT2D eigenvalue weighted by Crippen LogP contribution is -2.29. The highest BCUT2D eigenvalue weighted by Crippen LogP contribution is 2.21. The number of aryl methyl sites for hydroxylation is 1. The van der Waals surface area contributed by atoms with Crippen molar-refractivity contribution in [2.24, 2.45) is 0 Å². The quantitative estimate of drug-likeness (QED) is 0.452. The van der Waals surface area contributed by atoms with Gasteiger partial charge in [0, 0.05) is 5.56 Å². The standard InChI is InChI=1S/C25H27FN2O4S/c1-3-19-6-14-24(15-7-19)32-17-16-27-25(29)21-8-4-20(5-9-21)18-28(33(2,30)31)23-12-10-22(26)11-13-23/h4-15H,3,16-18H2,1-2H3,(H,27,29). The van der Waals surface area contributed by atoms with E-state index in [1.807, 2.05) is 24.3 Å². The van der Waals surface area contributed by atoms with Crippen LogP contribution in [0.3, 0.4) is 0 Å². The topological polar surface area (TPSA) is 75.7 Å². The van der Waals surface area contributed by atoms with Crippen molar-refractivity contribution in [2.45, 2.75) is 19.9 Å². The fourth-order valence-corrected chi connectivity index (χ4v) is 4.08. The Morgan fingerprint density at radius 3 is 2.12 bits per heavy atom. The lowest BCUT2D eigenvalue weighted by Gasteiger charge is -2.22.